The number of hydrogen-bond acceptors (Lipinski definition) is 2. The van der Waals surface area contributed by atoms with Gasteiger partial charge in [0.2, 0.25) is 0 Å². The summed E-state index contributed by atoms with van der Waals surface area (Å²) in [5.41, 5.74) is 0. The summed E-state index contributed by atoms with van der Waals surface area (Å²) in [6.07, 6.45) is 11.8. The molecular weight excluding hydrogens is 272 g/mol. The van der Waals surface area contributed by atoms with Gasteiger partial charge in [-0.2, -0.15) is 0 Å². The first-order valence-electron chi connectivity index (χ1n) is 9.12. The quantitative estimate of drug-likeness (QED) is 0.479. The zero-order chi connectivity index (χ0) is 18.5. The first kappa shape index (κ1) is 33.3. The molecule has 0 rings (SSSR count). The third kappa shape index (κ3) is 154. The van der Waals surface area contributed by atoms with E-state index < -0.39 is 0 Å². The summed E-state index contributed by atoms with van der Waals surface area (Å²) in [6, 6.07) is 0. The number of hydrogen-bond donors (Lipinski definition) is 0. The van der Waals surface area contributed by atoms with E-state index in [9.17, 15) is 0 Å². The van der Waals surface area contributed by atoms with Crippen LogP contribution in [-0.4, -0.2) is 27.4 Å². The highest BCUT2D eigenvalue weighted by Gasteiger charge is 1.68. The van der Waals surface area contributed by atoms with Gasteiger partial charge >= 0.3 is 0 Å². The number of ether oxygens (including phenoxy) is 2. The molecule has 2 heteroatoms. The van der Waals surface area contributed by atoms with Gasteiger partial charge in [0.15, 0.2) is 0 Å². The van der Waals surface area contributed by atoms with Crippen LogP contribution in [0.15, 0.2) is 12.2 Å². The van der Waals surface area contributed by atoms with Gasteiger partial charge in [0, 0.05) is 27.4 Å². The molecule has 0 saturated carbocycles. The predicted molar refractivity (Wildman–Crippen MR) is 106 cm³/mol. The van der Waals surface area contributed by atoms with Crippen molar-refractivity contribution < 1.29 is 9.47 Å². The van der Waals surface area contributed by atoms with Gasteiger partial charge in [0.25, 0.3) is 0 Å². The van der Waals surface area contributed by atoms with Crippen LogP contribution < -0.4 is 0 Å². The van der Waals surface area contributed by atoms with Gasteiger partial charge in [0.05, 0.1) is 0 Å². The third-order valence-corrected chi connectivity index (χ3v) is 2.24. The fourth-order valence-corrected chi connectivity index (χ4v) is 0.558. The highest BCUT2D eigenvalue weighted by atomic mass is 16.5. The van der Waals surface area contributed by atoms with Crippen LogP contribution in [0.4, 0.5) is 0 Å². The highest BCUT2D eigenvalue weighted by molar-refractivity contribution is 4.68. The topological polar surface area (TPSA) is 18.5 Å². The van der Waals surface area contributed by atoms with E-state index in [0.29, 0.717) is 0 Å². The molecular formula is C20H48O2. The Hall–Kier alpha value is -0.340. The summed E-state index contributed by atoms with van der Waals surface area (Å²) in [5.74, 6) is 0. The fourth-order valence-electron chi connectivity index (χ4n) is 0.558. The van der Waals surface area contributed by atoms with Gasteiger partial charge in [-0.3, -0.25) is 0 Å². The molecule has 0 spiro atoms. The predicted octanol–water partition coefficient (Wildman–Crippen LogP) is 7.28. The van der Waals surface area contributed by atoms with Crippen molar-refractivity contribution in [2.45, 2.75) is 93.9 Å². The van der Waals surface area contributed by atoms with Crippen LogP contribution >= 0.6 is 0 Å². The van der Waals surface area contributed by atoms with Crippen molar-refractivity contribution in [1.82, 2.24) is 0 Å². The Morgan fingerprint density at radius 2 is 0.955 bits per heavy atom. The van der Waals surface area contributed by atoms with Crippen LogP contribution in [0.1, 0.15) is 93.9 Å². The minimum atomic E-state index is 0.819. The largest absolute Gasteiger partial charge is 0.385 e. The molecule has 140 valence electrons. The normalized spacial score (nSPS) is 8.27. The first-order chi connectivity index (χ1) is 10.6. The van der Waals surface area contributed by atoms with Gasteiger partial charge in [-0.05, 0) is 27.2 Å². The molecule has 0 unspecified atom stereocenters. The van der Waals surface area contributed by atoms with Gasteiger partial charge < -0.3 is 9.47 Å². The van der Waals surface area contributed by atoms with E-state index in [-0.39, 0.29) is 0 Å². The third-order valence-electron chi connectivity index (χ3n) is 2.24. The summed E-state index contributed by atoms with van der Waals surface area (Å²) in [6.45, 7) is 18.5. The van der Waals surface area contributed by atoms with Crippen molar-refractivity contribution in [3.63, 3.8) is 0 Å². The monoisotopic (exact) mass is 320 g/mol. The Balaban J connectivity index is -0.0000000550. The first-order valence-corrected chi connectivity index (χ1v) is 9.12. The lowest BCUT2D eigenvalue weighted by molar-refractivity contribution is 0.199. The number of allylic oxidation sites excluding steroid dienone is 2. The molecule has 0 bridgehead atoms. The van der Waals surface area contributed by atoms with Crippen LogP contribution in [0.25, 0.3) is 0 Å². The second-order valence-corrected chi connectivity index (χ2v) is 4.59. The van der Waals surface area contributed by atoms with E-state index in [1.54, 1.807) is 14.2 Å². The molecule has 0 fully saturated rings. The molecule has 0 aliphatic carbocycles. The van der Waals surface area contributed by atoms with Crippen molar-refractivity contribution in [3.05, 3.63) is 12.2 Å². The van der Waals surface area contributed by atoms with Gasteiger partial charge in [0.1, 0.15) is 0 Å². The average molecular weight is 321 g/mol. The van der Waals surface area contributed by atoms with E-state index in [1.165, 1.54) is 32.1 Å². The minimum absolute atomic E-state index is 0.819. The Labute approximate surface area is 143 Å². The Kier molecular flexibility index (Phi) is 88.9. The van der Waals surface area contributed by atoms with Crippen molar-refractivity contribution in [2.75, 3.05) is 27.4 Å². The Morgan fingerprint density at radius 3 is 0.955 bits per heavy atom. The van der Waals surface area contributed by atoms with Crippen LogP contribution in [0.5, 0.6) is 0 Å². The molecule has 0 heterocycles. The molecule has 22 heavy (non-hydrogen) atoms. The highest BCUT2D eigenvalue weighted by Crippen LogP contribution is 1.88. The maximum Gasteiger partial charge on any atom is 0.0459 e. The van der Waals surface area contributed by atoms with E-state index in [1.807, 2.05) is 32.9 Å². The smallest absolute Gasteiger partial charge is 0.0459 e. The van der Waals surface area contributed by atoms with Gasteiger partial charge in [-0.15, -0.1) is 0 Å². The van der Waals surface area contributed by atoms with Crippen LogP contribution in [0, 0.1) is 0 Å². The Bertz CT molecular complexity index is 101. The van der Waals surface area contributed by atoms with E-state index in [4.69, 9.17) is 4.74 Å². The van der Waals surface area contributed by atoms with Crippen molar-refractivity contribution >= 4 is 0 Å². The molecule has 0 saturated heterocycles. The average Bonchev–Trinajstić information content (AvgIpc) is 2.57. The summed E-state index contributed by atoms with van der Waals surface area (Å²) in [4.78, 5) is 0. The zero-order valence-electron chi connectivity index (χ0n) is 17.6. The van der Waals surface area contributed by atoms with Crippen molar-refractivity contribution in [2.24, 2.45) is 0 Å². The summed E-state index contributed by atoms with van der Waals surface area (Å²) >= 11 is 0. The number of methoxy groups -OCH3 is 2. The van der Waals surface area contributed by atoms with Crippen molar-refractivity contribution in [3.8, 4) is 0 Å². The van der Waals surface area contributed by atoms with Crippen molar-refractivity contribution in [1.29, 1.82) is 0 Å². The molecule has 0 aromatic heterocycles. The summed E-state index contributed by atoms with van der Waals surface area (Å²) < 4.78 is 9.23. The van der Waals surface area contributed by atoms with Gasteiger partial charge in [-0.1, -0.05) is 78.9 Å². The van der Waals surface area contributed by atoms with E-state index >= 15 is 0 Å². The lowest BCUT2D eigenvalue weighted by Crippen LogP contribution is -1.80. The molecule has 2 nitrogen and oxygen atoms in total. The van der Waals surface area contributed by atoms with Crippen LogP contribution in [0.3, 0.4) is 0 Å². The second kappa shape index (κ2) is 58.7. The maximum absolute atomic E-state index is 4.69. The lowest BCUT2D eigenvalue weighted by atomic mass is 10.3. The zero-order valence-corrected chi connectivity index (χ0v) is 17.6. The summed E-state index contributed by atoms with van der Waals surface area (Å²) in [5, 5.41) is 0. The van der Waals surface area contributed by atoms with Crippen LogP contribution in [-0.2, 0) is 9.47 Å². The van der Waals surface area contributed by atoms with E-state index in [2.05, 4.69) is 39.4 Å². The molecule has 0 aromatic rings. The molecule has 0 aliphatic rings. The SMILES string of the molecule is CC=CC.CCCC.CCCCC.CCCOC.CCOC. The standard InChI is InChI=1S/C5H12.C4H10O.C4H10.C4H8.C3H8O/c1-3-5-4-2;1-3-4-5-2;3*1-3-4-2/h3-5H2,1-2H3;3-4H2,1-2H3;3-4H2,1-2H3;3-4H,1-2H3;3H2,1-2H3. The molecule has 0 aromatic carbocycles. The number of unbranched alkanes of at least 4 members (excludes halogenated alkanes) is 3. The minimum Gasteiger partial charge on any atom is -0.385 e. The molecule has 0 radical (unpaired) electrons. The number of rotatable bonds is 6. The molecule has 0 amide bonds. The lowest BCUT2D eigenvalue weighted by Gasteiger charge is -1.84. The fraction of sp³-hybridized carbons (Fsp3) is 0.900. The molecule has 0 N–H and O–H groups in total. The Morgan fingerprint density at radius 1 is 0.591 bits per heavy atom. The molecule has 0 atom stereocenters. The van der Waals surface area contributed by atoms with Gasteiger partial charge in [-0.25, -0.2) is 0 Å². The maximum atomic E-state index is 4.69. The van der Waals surface area contributed by atoms with Crippen LogP contribution in [0.2, 0.25) is 0 Å². The van der Waals surface area contributed by atoms with E-state index in [0.717, 1.165) is 19.6 Å². The second-order valence-electron chi connectivity index (χ2n) is 4.59. The summed E-state index contributed by atoms with van der Waals surface area (Å²) in [7, 11) is 3.39. The molecule has 0 aliphatic heterocycles.